The molecule has 6 nitrogen and oxygen atoms in total. The van der Waals surface area contributed by atoms with Gasteiger partial charge in [-0.2, -0.15) is 0 Å². The number of hydrogen-bond donors (Lipinski definition) is 1. The number of benzene rings is 1. The molecule has 1 aromatic heterocycles. The van der Waals surface area contributed by atoms with Gasteiger partial charge in [-0.05, 0) is 29.7 Å². The summed E-state index contributed by atoms with van der Waals surface area (Å²) in [5.74, 6) is -0.990. The van der Waals surface area contributed by atoms with Gasteiger partial charge in [-0.3, -0.25) is 0 Å². The highest BCUT2D eigenvalue weighted by Gasteiger charge is 2.26. The Balaban J connectivity index is 1.94. The van der Waals surface area contributed by atoms with Gasteiger partial charge < -0.3 is 14.4 Å². The van der Waals surface area contributed by atoms with Crippen molar-refractivity contribution >= 4 is 12.0 Å². The summed E-state index contributed by atoms with van der Waals surface area (Å²) < 4.78 is 19.1. The summed E-state index contributed by atoms with van der Waals surface area (Å²) in [6.45, 7) is 4.80. The van der Waals surface area contributed by atoms with E-state index in [2.05, 4.69) is 10.2 Å². The van der Waals surface area contributed by atoms with Crippen molar-refractivity contribution in [3.8, 4) is 0 Å². The number of anilines is 1. The lowest BCUT2D eigenvalue weighted by atomic mass is 9.95. The highest BCUT2D eigenvalue weighted by atomic mass is 19.1. The average molecular weight is 305 g/mol. The highest BCUT2D eigenvalue weighted by Crippen LogP contribution is 2.28. The summed E-state index contributed by atoms with van der Waals surface area (Å²) in [7, 11) is 0. The molecule has 0 amide bonds. The minimum atomic E-state index is -1.13. The first-order valence-corrected chi connectivity index (χ1v) is 7.08. The highest BCUT2D eigenvalue weighted by molar-refractivity contribution is 5.90. The van der Waals surface area contributed by atoms with E-state index in [0.717, 1.165) is 11.6 Å². The Morgan fingerprint density at radius 3 is 2.82 bits per heavy atom. The molecule has 116 valence electrons. The van der Waals surface area contributed by atoms with Crippen molar-refractivity contribution in [1.82, 2.24) is 10.2 Å². The summed E-state index contributed by atoms with van der Waals surface area (Å²) in [6.07, 6.45) is 0.534. The molecule has 1 aliphatic heterocycles. The molecule has 3 rings (SSSR count). The van der Waals surface area contributed by atoms with Crippen LogP contribution in [0, 0.1) is 5.82 Å². The van der Waals surface area contributed by atoms with Gasteiger partial charge in [-0.25, -0.2) is 9.18 Å². The minimum absolute atomic E-state index is 0.0108. The molecule has 0 bridgehead atoms. The van der Waals surface area contributed by atoms with Crippen molar-refractivity contribution in [2.45, 2.75) is 32.7 Å². The normalized spacial score (nSPS) is 14.3. The van der Waals surface area contributed by atoms with Gasteiger partial charge in [0.25, 0.3) is 0 Å². The Hall–Kier alpha value is -2.44. The summed E-state index contributed by atoms with van der Waals surface area (Å²) in [5.41, 5.74) is 1.31. The maximum absolute atomic E-state index is 13.5. The van der Waals surface area contributed by atoms with Crippen molar-refractivity contribution in [1.29, 1.82) is 0 Å². The van der Waals surface area contributed by atoms with Gasteiger partial charge in [0.1, 0.15) is 5.82 Å². The van der Waals surface area contributed by atoms with Crippen LogP contribution >= 0.6 is 0 Å². The SMILES string of the molecule is CC(C)c1nnc(N2CCc3cc(F)cc(C(=O)O)c3C2)o1. The summed E-state index contributed by atoms with van der Waals surface area (Å²) in [6, 6.07) is 2.82. The van der Waals surface area contributed by atoms with E-state index < -0.39 is 11.8 Å². The number of carbonyl (C=O) groups is 1. The fourth-order valence-electron chi connectivity index (χ4n) is 2.57. The monoisotopic (exact) mass is 305 g/mol. The van der Waals surface area contributed by atoms with E-state index in [-0.39, 0.29) is 11.5 Å². The fourth-order valence-corrected chi connectivity index (χ4v) is 2.57. The lowest BCUT2D eigenvalue weighted by Crippen LogP contribution is -2.32. The second kappa shape index (κ2) is 5.40. The average Bonchev–Trinajstić information content (AvgIpc) is 2.95. The van der Waals surface area contributed by atoms with Crippen molar-refractivity contribution in [2.24, 2.45) is 0 Å². The minimum Gasteiger partial charge on any atom is -0.478 e. The first-order valence-electron chi connectivity index (χ1n) is 7.08. The molecule has 0 spiro atoms. The van der Waals surface area contributed by atoms with Crippen LogP contribution in [0.1, 0.15) is 47.1 Å². The van der Waals surface area contributed by atoms with Gasteiger partial charge in [-0.15, -0.1) is 5.10 Å². The quantitative estimate of drug-likeness (QED) is 0.939. The van der Waals surface area contributed by atoms with Crippen LogP contribution in [0.15, 0.2) is 16.5 Å². The molecule has 0 radical (unpaired) electrons. The molecule has 2 heterocycles. The number of aromatic nitrogens is 2. The van der Waals surface area contributed by atoms with E-state index in [1.807, 2.05) is 18.7 Å². The van der Waals surface area contributed by atoms with Crippen molar-refractivity contribution in [2.75, 3.05) is 11.4 Å². The van der Waals surface area contributed by atoms with E-state index in [0.29, 0.717) is 37.0 Å². The molecule has 1 aliphatic rings. The van der Waals surface area contributed by atoms with Crippen LogP contribution in [0.2, 0.25) is 0 Å². The molecule has 1 N–H and O–H groups in total. The van der Waals surface area contributed by atoms with E-state index >= 15 is 0 Å². The van der Waals surface area contributed by atoms with Gasteiger partial charge >= 0.3 is 12.0 Å². The predicted octanol–water partition coefficient (Wildman–Crippen LogP) is 2.59. The Labute approximate surface area is 126 Å². The summed E-state index contributed by atoms with van der Waals surface area (Å²) >= 11 is 0. The molecule has 2 aromatic rings. The number of rotatable bonds is 3. The molecule has 0 saturated carbocycles. The van der Waals surface area contributed by atoms with Crippen LogP contribution < -0.4 is 4.90 Å². The molecule has 0 atom stereocenters. The molecule has 0 aliphatic carbocycles. The van der Waals surface area contributed by atoms with Crippen LogP contribution in [0.25, 0.3) is 0 Å². The standard InChI is InChI=1S/C15H16FN3O3/c1-8(2)13-17-18-15(22-13)19-4-3-9-5-10(16)6-11(14(20)21)12(9)7-19/h5-6,8H,3-4,7H2,1-2H3,(H,20,21). The first kappa shape index (κ1) is 14.5. The zero-order chi connectivity index (χ0) is 15.9. The van der Waals surface area contributed by atoms with E-state index in [1.54, 1.807) is 0 Å². The number of hydrogen-bond acceptors (Lipinski definition) is 5. The van der Waals surface area contributed by atoms with Crippen molar-refractivity contribution in [3.05, 3.63) is 40.5 Å². The van der Waals surface area contributed by atoms with Crippen LogP contribution in [-0.4, -0.2) is 27.8 Å². The Morgan fingerprint density at radius 1 is 1.41 bits per heavy atom. The molecule has 0 saturated heterocycles. The number of halogens is 1. The smallest absolute Gasteiger partial charge is 0.336 e. The third kappa shape index (κ3) is 2.54. The molecular weight excluding hydrogens is 289 g/mol. The molecule has 22 heavy (non-hydrogen) atoms. The Morgan fingerprint density at radius 2 is 2.18 bits per heavy atom. The molecule has 1 aromatic carbocycles. The van der Waals surface area contributed by atoms with E-state index in [9.17, 15) is 14.3 Å². The number of aromatic carboxylic acids is 1. The van der Waals surface area contributed by atoms with Gasteiger partial charge in [0.2, 0.25) is 5.89 Å². The van der Waals surface area contributed by atoms with Gasteiger partial charge in [0.05, 0.1) is 5.56 Å². The van der Waals surface area contributed by atoms with Gasteiger partial charge in [0, 0.05) is 19.0 Å². The number of nitrogens with zero attached hydrogens (tertiary/aromatic N) is 3. The van der Waals surface area contributed by atoms with E-state index in [1.165, 1.54) is 6.07 Å². The maximum Gasteiger partial charge on any atom is 0.336 e. The zero-order valence-corrected chi connectivity index (χ0v) is 12.3. The number of carboxylic acid groups (broad SMARTS) is 1. The lowest BCUT2D eigenvalue weighted by Gasteiger charge is -2.28. The number of carboxylic acids is 1. The van der Waals surface area contributed by atoms with Gasteiger partial charge in [-0.1, -0.05) is 18.9 Å². The van der Waals surface area contributed by atoms with E-state index in [4.69, 9.17) is 4.42 Å². The van der Waals surface area contributed by atoms with Crippen molar-refractivity contribution < 1.29 is 18.7 Å². The Bertz CT molecular complexity index is 727. The fraction of sp³-hybridized carbons (Fsp3) is 0.400. The van der Waals surface area contributed by atoms with Gasteiger partial charge in [0.15, 0.2) is 0 Å². The second-order valence-corrected chi connectivity index (χ2v) is 5.65. The maximum atomic E-state index is 13.5. The first-order chi connectivity index (χ1) is 10.5. The zero-order valence-electron chi connectivity index (χ0n) is 12.3. The Kier molecular flexibility index (Phi) is 3.56. The molecule has 0 unspecified atom stereocenters. The summed E-state index contributed by atoms with van der Waals surface area (Å²) in [4.78, 5) is 13.2. The van der Waals surface area contributed by atoms with Crippen LogP contribution in [0.4, 0.5) is 10.4 Å². The molecular formula is C15H16FN3O3. The third-order valence-electron chi connectivity index (χ3n) is 3.73. The van der Waals surface area contributed by atoms with Crippen LogP contribution in [-0.2, 0) is 13.0 Å². The van der Waals surface area contributed by atoms with Crippen LogP contribution in [0.3, 0.4) is 0 Å². The van der Waals surface area contributed by atoms with Crippen molar-refractivity contribution in [3.63, 3.8) is 0 Å². The molecule has 0 fully saturated rings. The largest absolute Gasteiger partial charge is 0.478 e. The number of fused-ring (bicyclic) bond motifs is 1. The topological polar surface area (TPSA) is 79.5 Å². The lowest BCUT2D eigenvalue weighted by molar-refractivity contribution is 0.0694. The molecule has 7 heteroatoms. The van der Waals surface area contributed by atoms with Crippen LogP contribution in [0.5, 0.6) is 0 Å². The second-order valence-electron chi connectivity index (χ2n) is 5.65. The third-order valence-corrected chi connectivity index (χ3v) is 3.73. The predicted molar refractivity (Wildman–Crippen MR) is 76.5 cm³/mol. The summed E-state index contributed by atoms with van der Waals surface area (Å²) in [5, 5.41) is 17.3.